The third kappa shape index (κ3) is 3.76. The molecule has 0 spiro atoms. The summed E-state index contributed by atoms with van der Waals surface area (Å²) in [6.45, 7) is 6.70. The molecule has 4 atom stereocenters. The summed E-state index contributed by atoms with van der Waals surface area (Å²) >= 11 is 0. The van der Waals surface area contributed by atoms with Gasteiger partial charge < -0.3 is 31.1 Å². The number of aromatic amines is 1. The number of carbonyl (C=O) groups excluding carboxylic acids is 1. The van der Waals surface area contributed by atoms with Gasteiger partial charge in [-0.2, -0.15) is 0 Å². The van der Waals surface area contributed by atoms with Gasteiger partial charge in [0.05, 0.1) is 11.6 Å². The number of fused-ring (bicyclic) bond motifs is 2. The first-order valence-electron chi connectivity index (χ1n) is 11.5. The SMILES string of the molecule is Cc1ccc(O)cc1C12CCN(C)C(C)C1(O)Cc1cc(CNC(C)C(N)=O)c(=O)[nH]c1C2. The first-order chi connectivity index (χ1) is 15.5. The van der Waals surface area contributed by atoms with Crippen LogP contribution in [0.1, 0.15) is 48.2 Å². The maximum absolute atomic E-state index is 12.9. The van der Waals surface area contributed by atoms with Crippen molar-refractivity contribution >= 4 is 5.91 Å². The van der Waals surface area contributed by atoms with Crippen LogP contribution in [-0.2, 0) is 29.6 Å². The highest BCUT2D eigenvalue weighted by Crippen LogP contribution is 2.53. The highest BCUT2D eigenvalue weighted by molar-refractivity contribution is 5.79. The second-order valence-electron chi connectivity index (χ2n) is 9.90. The summed E-state index contributed by atoms with van der Waals surface area (Å²) in [5.74, 6) is -0.313. The Morgan fingerprint density at radius 3 is 2.79 bits per heavy atom. The van der Waals surface area contributed by atoms with Gasteiger partial charge in [0.25, 0.3) is 5.56 Å². The predicted molar refractivity (Wildman–Crippen MR) is 126 cm³/mol. The molecule has 33 heavy (non-hydrogen) atoms. The Bertz CT molecular complexity index is 1150. The van der Waals surface area contributed by atoms with Crippen LogP contribution in [0, 0.1) is 6.92 Å². The van der Waals surface area contributed by atoms with Gasteiger partial charge in [0.2, 0.25) is 5.91 Å². The molecule has 1 aromatic carbocycles. The van der Waals surface area contributed by atoms with Crippen molar-refractivity contribution in [2.24, 2.45) is 5.73 Å². The second kappa shape index (κ2) is 8.27. The van der Waals surface area contributed by atoms with E-state index in [0.717, 1.165) is 28.9 Å². The smallest absolute Gasteiger partial charge is 0.252 e. The third-order valence-electron chi connectivity index (χ3n) is 8.07. The van der Waals surface area contributed by atoms with E-state index in [1.165, 1.54) is 0 Å². The molecule has 0 saturated carbocycles. The number of amides is 1. The Morgan fingerprint density at radius 2 is 2.09 bits per heavy atom. The summed E-state index contributed by atoms with van der Waals surface area (Å²) in [5.41, 5.74) is 7.51. The van der Waals surface area contributed by atoms with Crippen molar-refractivity contribution in [2.45, 2.75) is 69.7 Å². The molecule has 0 radical (unpaired) electrons. The molecule has 4 rings (SSSR count). The van der Waals surface area contributed by atoms with Gasteiger partial charge in [-0.15, -0.1) is 0 Å². The number of nitrogens with two attached hydrogens (primary N) is 1. The van der Waals surface area contributed by atoms with Gasteiger partial charge in [-0.25, -0.2) is 0 Å². The lowest BCUT2D eigenvalue weighted by atomic mass is 9.53. The first-order valence-corrected chi connectivity index (χ1v) is 11.5. The fourth-order valence-electron chi connectivity index (χ4n) is 5.75. The van der Waals surface area contributed by atoms with Crippen molar-refractivity contribution in [1.29, 1.82) is 0 Å². The van der Waals surface area contributed by atoms with Gasteiger partial charge in [0.15, 0.2) is 0 Å². The average molecular weight is 455 g/mol. The number of nitrogens with zero attached hydrogens (tertiary/aromatic N) is 1. The van der Waals surface area contributed by atoms with Gasteiger partial charge in [-0.05, 0) is 75.7 Å². The number of hydrogen-bond acceptors (Lipinski definition) is 6. The third-order valence-corrected chi connectivity index (χ3v) is 8.07. The number of H-pyrrole nitrogens is 1. The van der Waals surface area contributed by atoms with Crippen molar-refractivity contribution in [3.63, 3.8) is 0 Å². The molecule has 0 bridgehead atoms. The monoisotopic (exact) mass is 454 g/mol. The van der Waals surface area contributed by atoms with E-state index in [1.54, 1.807) is 19.1 Å². The average Bonchev–Trinajstić information content (AvgIpc) is 2.76. The number of carbonyl (C=O) groups is 1. The predicted octanol–water partition coefficient (Wildman–Crippen LogP) is 0.844. The minimum absolute atomic E-state index is 0.135. The molecule has 1 aromatic heterocycles. The summed E-state index contributed by atoms with van der Waals surface area (Å²) in [6, 6.07) is 6.47. The zero-order valence-electron chi connectivity index (χ0n) is 19.7. The van der Waals surface area contributed by atoms with Crippen molar-refractivity contribution in [3.8, 4) is 5.75 Å². The van der Waals surface area contributed by atoms with E-state index in [9.17, 15) is 19.8 Å². The number of benzene rings is 1. The number of likely N-dealkylation sites (N-methyl/N-ethyl adjacent to an activating group) is 1. The molecule has 2 aromatic rings. The molecule has 2 heterocycles. The van der Waals surface area contributed by atoms with E-state index < -0.39 is 23.0 Å². The van der Waals surface area contributed by atoms with Gasteiger partial charge >= 0.3 is 0 Å². The van der Waals surface area contributed by atoms with Crippen LogP contribution in [0.5, 0.6) is 5.75 Å². The van der Waals surface area contributed by atoms with E-state index in [0.29, 0.717) is 24.8 Å². The van der Waals surface area contributed by atoms with E-state index >= 15 is 0 Å². The van der Waals surface area contributed by atoms with Gasteiger partial charge in [0, 0.05) is 42.1 Å². The molecule has 8 nitrogen and oxygen atoms in total. The van der Waals surface area contributed by atoms with Crippen molar-refractivity contribution < 1.29 is 15.0 Å². The number of aryl methyl sites for hydroxylation is 1. The molecular weight excluding hydrogens is 420 g/mol. The maximum atomic E-state index is 12.9. The number of hydrogen-bond donors (Lipinski definition) is 5. The molecular formula is C25H34N4O4. The Morgan fingerprint density at radius 1 is 1.36 bits per heavy atom. The normalized spacial score (nSPS) is 28.1. The van der Waals surface area contributed by atoms with E-state index in [-0.39, 0.29) is 23.9 Å². The fourth-order valence-corrected chi connectivity index (χ4v) is 5.75. The van der Waals surface area contributed by atoms with Crippen molar-refractivity contribution in [3.05, 3.63) is 62.6 Å². The summed E-state index contributed by atoms with van der Waals surface area (Å²) in [4.78, 5) is 29.4. The second-order valence-corrected chi connectivity index (χ2v) is 9.90. The topological polar surface area (TPSA) is 132 Å². The summed E-state index contributed by atoms with van der Waals surface area (Å²) in [6.07, 6.45) is 1.55. The number of phenols is 1. The molecule has 1 fully saturated rings. The molecule has 2 aliphatic rings. The molecule has 1 aliphatic heterocycles. The molecule has 8 heteroatoms. The lowest BCUT2D eigenvalue weighted by Gasteiger charge is -2.59. The lowest BCUT2D eigenvalue weighted by Crippen LogP contribution is -2.70. The van der Waals surface area contributed by atoms with E-state index in [1.807, 2.05) is 33.0 Å². The van der Waals surface area contributed by atoms with Crippen LogP contribution >= 0.6 is 0 Å². The fraction of sp³-hybridized carbons (Fsp3) is 0.520. The van der Waals surface area contributed by atoms with Crippen molar-refractivity contribution in [2.75, 3.05) is 13.6 Å². The summed E-state index contributed by atoms with van der Waals surface area (Å²) in [7, 11) is 2.02. The minimum Gasteiger partial charge on any atom is -0.508 e. The molecule has 6 N–H and O–H groups in total. The molecule has 1 aliphatic carbocycles. The van der Waals surface area contributed by atoms with Crippen LogP contribution in [0.15, 0.2) is 29.1 Å². The quantitative estimate of drug-likeness (QED) is 0.455. The number of rotatable bonds is 5. The summed E-state index contributed by atoms with van der Waals surface area (Å²) < 4.78 is 0. The number of primary amides is 1. The Kier molecular flexibility index (Phi) is 5.88. The maximum Gasteiger partial charge on any atom is 0.252 e. The number of phenolic OH excluding ortho intramolecular Hbond substituents is 1. The van der Waals surface area contributed by atoms with Crippen LogP contribution in [-0.4, -0.2) is 57.3 Å². The van der Waals surface area contributed by atoms with Crippen molar-refractivity contribution in [1.82, 2.24) is 15.2 Å². The molecule has 178 valence electrons. The largest absolute Gasteiger partial charge is 0.508 e. The minimum atomic E-state index is -1.10. The number of pyridine rings is 1. The summed E-state index contributed by atoms with van der Waals surface area (Å²) in [5, 5.41) is 25.6. The van der Waals surface area contributed by atoms with Crippen LogP contribution in [0.4, 0.5) is 0 Å². The molecule has 1 amide bonds. The number of aromatic hydroxyl groups is 1. The number of piperidine rings is 1. The first kappa shape index (κ1) is 23.5. The zero-order chi connectivity index (χ0) is 24.1. The Hall–Kier alpha value is -2.68. The zero-order valence-corrected chi connectivity index (χ0v) is 19.7. The number of aromatic nitrogens is 1. The highest BCUT2D eigenvalue weighted by Gasteiger charge is 2.60. The number of aliphatic hydroxyl groups is 1. The Balaban J connectivity index is 1.82. The van der Waals surface area contributed by atoms with E-state index in [2.05, 4.69) is 15.2 Å². The molecule has 1 saturated heterocycles. The van der Waals surface area contributed by atoms with Gasteiger partial charge in [0.1, 0.15) is 5.75 Å². The van der Waals surface area contributed by atoms with Crippen LogP contribution in [0.25, 0.3) is 0 Å². The standard InChI is InChI=1S/C25H34N4O4/c1-14-5-6-19(30)10-20(14)24-7-8-29(4)16(3)25(24,33)11-17-9-18(13-27-15(2)22(26)31)23(32)28-21(17)12-24/h5-6,9-10,15-16,27,30,33H,7-8,11-13H2,1-4H3,(H2,26,31)(H,28,32). The molecule has 4 unspecified atom stereocenters. The Labute approximate surface area is 193 Å². The number of nitrogens with one attached hydrogen (secondary N) is 2. The van der Waals surface area contributed by atoms with Crippen LogP contribution in [0.2, 0.25) is 0 Å². The van der Waals surface area contributed by atoms with E-state index in [4.69, 9.17) is 5.73 Å². The van der Waals surface area contributed by atoms with Crippen LogP contribution in [0.3, 0.4) is 0 Å². The van der Waals surface area contributed by atoms with Gasteiger partial charge in [-0.1, -0.05) is 6.07 Å². The lowest BCUT2D eigenvalue weighted by molar-refractivity contribution is -0.132. The van der Waals surface area contributed by atoms with Crippen LogP contribution < -0.4 is 16.6 Å². The number of likely N-dealkylation sites (tertiary alicyclic amines) is 1. The highest BCUT2D eigenvalue weighted by atomic mass is 16.3. The van der Waals surface area contributed by atoms with Gasteiger partial charge in [-0.3, -0.25) is 9.59 Å².